The van der Waals surface area contributed by atoms with Gasteiger partial charge in [-0.25, -0.2) is 0 Å². The van der Waals surface area contributed by atoms with Crippen molar-refractivity contribution in [2.45, 2.75) is 51.7 Å². The highest BCUT2D eigenvalue weighted by Crippen LogP contribution is 2.31. The van der Waals surface area contributed by atoms with E-state index in [1.807, 2.05) is 12.1 Å². The number of hydrogen-bond acceptors (Lipinski definition) is 7. The van der Waals surface area contributed by atoms with Gasteiger partial charge < -0.3 is 19.6 Å². The van der Waals surface area contributed by atoms with Crippen LogP contribution in [-0.2, 0) is 6.54 Å². The van der Waals surface area contributed by atoms with E-state index >= 15 is 0 Å². The monoisotopic (exact) mass is 516 g/mol. The summed E-state index contributed by atoms with van der Waals surface area (Å²) in [6.07, 6.45) is 2.79. The Morgan fingerprint density at radius 3 is 2.60 bits per heavy atom. The molecule has 3 aromatic rings. The van der Waals surface area contributed by atoms with Gasteiger partial charge in [0.25, 0.3) is 11.8 Å². The average Bonchev–Trinajstić information content (AvgIpc) is 3.53. The number of piperidine rings is 1. The first-order valence-electron chi connectivity index (χ1n) is 12.0. The number of hydrogen-bond donors (Lipinski definition) is 1. The third-order valence-corrected chi connectivity index (χ3v) is 7.90. The highest BCUT2D eigenvalue weighted by Gasteiger charge is 2.29. The van der Waals surface area contributed by atoms with Gasteiger partial charge in [0, 0.05) is 50.4 Å². The summed E-state index contributed by atoms with van der Waals surface area (Å²) in [5.74, 6) is 0.227. The normalized spacial score (nSPS) is 17.1. The molecule has 5 heterocycles. The maximum Gasteiger partial charge on any atom is 0.272 e. The summed E-state index contributed by atoms with van der Waals surface area (Å²) in [5.41, 5.74) is 1.24. The SMILES string of the molecule is CC(C)N1CCC(NC(=O)c2cc(C(=O)N3CCC3)n(Cc3cc(-c4ccc(Cl)s4)on3)n2)CC1. The van der Waals surface area contributed by atoms with Crippen LogP contribution >= 0.6 is 22.9 Å². The highest BCUT2D eigenvalue weighted by atomic mass is 35.5. The zero-order valence-electron chi connectivity index (χ0n) is 19.9. The van der Waals surface area contributed by atoms with Gasteiger partial charge in [-0.15, -0.1) is 11.3 Å². The molecule has 2 aliphatic rings. The Bertz CT molecular complexity index is 1210. The highest BCUT2D eigenvalue weighted by molar-refractivity contribution is 7.19. The van der Waals surface area contributed by atoms with Crippen molar-refractivity contribution in [2.24, 2.45) is 0 Å². The minimum Gasteiger partial charge on any atom is -0.355 e. The van der Waals surface area contributed by atoms with Crippen molar-refractivity contribution in [1.82, 2.24) is 30.1 Å². The number of rotatable bonds is 7. The fourth-order valence-electron chi connectivity index (χ4n) is 4.42. The van der Waals surface area contributed by atoms with E-state index in [9.17, 15) is 9.59 Å². The molecular formula is C24H29ClN6O3S. The largest absolute Gasteiger partial charge is 0.355 e. The summed E-state index contributed by atoms with van der Waals surface area (Å²) in [6.45, 7) is 7.95. The predicted octanol–water partition coefficient (Wildman–Crippen LogP) is 3.75. The average molecular weight is 517 g/mol. The van der Waals surface area contributed by atoms with Gasteiger partial charge in [-0.1, -0.05) is 16.8 Å². The lowest BCUT2D eigenvalue weighted by molar-refractivity contribution is 0.0639. The smallest absolute Gasteiger partial charge is 0.272 e. The molecule has 0 aliphatic carbocycles. The van der Waals surface area contributed by atoms with Crippen molar-refractivity contribution in [3.8, 4) is 10.6 Å². The molecule has 0 bridgehead atoms. The lowest BCUT2D eigenvalue weighted by Gasteiger charge is -2.34. The van der Waals surface area contributed by atoms with Crippen molar-refractivity contribution < 1.29 is 14.1 Å². The molecule has 11 heteroatoms. The Labute approximate surface area is 213 Å². The molecule has 2 aliphatic heterocycles. The molecule has 0 atom stereocenters. The molecule has 2 fully saturated rings. The van der Waals surface area contributed by atoms with Crippen molar-refractivity contribution in [3.63, 3.8) is 0 Å². The van der Waals surface area contributed by atoms with Gasteiger partial charge in [0.15, 0.2) is 11.5 Å². The fourth-order valence-corrected chi connectivity index (χ4v) is 5.42. The van der Waals surface area contributed by atoms with Crippen LogP contribution in [0.25, 0.3) is 10.6 Å². The number of amides is 2. The molecule has 2 amide bonds. The number of carbonyl (C=O) groups excluding carboxylic acids is 2. The minimum absolute atomic E-state index is 0.105. The molecular weight excluding hydrogens is 488 g/mol. The molecule has 35 heavy (non-hydrogen) atoms. The van der Waals surface area contributed by atoms with Gasteiger partial charge in [0.1, 0.15) is 11.4 Å². The van der Waals surface area contributed by atoms with E-state index < -0.39 is 0 Å². The van der Waals surface area contributed by atoms with Crippen LogP contribution in [0.2, 0.25) is 4.34 Å². The zero-order chi connectivity index (χ0) is 24.5. The van der Waals surface area contributed by atoms with Crippen LogP contribution < -0.4 is 5.32 Å². The fraction of sp³-hybridized carbons (Fsp3) is 0.500. The first-order chi connectivity index (χ1) is 16.9. The molecule has 2 saturated heterocycles. The quantitative estimate of drug-likeness (QED) is 0.513. The van der Waals surface area contributed by atoms with Gasteiger partial charge >= 0.3 is 0 Å². The molecule has 0 unspecified atom stereocenters. The van der Waals surface area contributed by atoms with E-state index in [-0.39, 0.29) is 30.1 Å². The predicted molar refractivity (Wildman–Crippen MR) is 134 cm³/mol. The van der Waals surface area contributed by atoms with Gasteiger partial charge in [0.2, 0.25) is 0 Å². The number of nitrogens with zero attached hydrogens (tertiary/aromatic N) is 5. The topological polar surface area (TPSA) is 96.5 Å². The van der Waals surface area contributed by atoms with Crippen LogP contribution in [0.3, 0.4) is 0 Å². The van der Waals surface area contributed by atoms with Crippen molar-refractivity contribution in [2.75, 3.05) is 26.2 Å². The molecule has 0 saturated carbocycles. The molecule has 0 spiro atoms. The second-order valence-corrected chi connectivity index (χ2v) is 11.1. The first kappa shape index (κ1) is 24.0. The number of halogens is 1. The van der Waals surface area contributed by atoms with E-state index in [1.54, 1.807) is 21.7 Å². The number of likely N-dealkylation sites (tertiary alicyclic amines) is 2. The Morgan fingerprint density at radius 2 is 1.97 bits per heavy atom. The van der Waals surface area contributed by atoms with E-state index in [0.717, 1.165) is 37.2 Å². The molecule has 0 aromatic carbocycles. The summed E-state index contributed by atoms with van der Waals surface area (Å²) >= 11 is 7.44. The summed E-state index contributed by atoms with van der Waals surface area (Å²) in [6, 6.07) is 7.69. The Hall–Kier alpha value is -2.69. The Morgan fingerprint density at radius 1 is 1.20 bits per heavy atom. The lowest BCUT2D eigenvalue weighted by Crippen LogP contribution is -2.46. The number of carbonyl (C=O) groups is 2. The number of thiophene rings is 1. The number of aromatic nitrogens is 3. The Balaban J connectivity index is 1.32. The van der Waals surface area contributed by atoms with Crippen LogP contribution in [0.4, 0.5) is 0 Å². The van der Waals surface area contributed by atoms with Gasteiger partial charge in [0.05, 0.1) is 15.8 Å². The summed E-state index contributed by atoms with van der Waals surface area (Å²) in [7, 11) is 0. The van der Waals surface area contributed by atoms with Crippen molar-refractivity contribution >= 4 is 34.8 Å². The molecule has 1 N–H and O–H groups in total. The maximum atomic E-state index is 13.1. The third-order valence-electron chi connectivity index (χ3n) is 6.66. The van der Waals surface area contributed by atoms with E-state index in [0.29, 0.717) is 40.6 Å². The minimum atomic E-state index is -0.251. The van der Waals surface area contributed by atoms with Crippen LogP contribution in [0.1, 0.15) is 59.8 Å². The lowest BCUT2D eigenvalue weighted by atomic mass is 10.0. The first-order valence-corrected chi connectivity index (χ1v) is 13.2. The van der Waals surface area contributed by atoms with Crippen molar-refractivity contribution in [3.05, 3.63) is 45.7 Å². The van der Waals surface area contributed by atoms with E-state index in [1.165, 1.54) is 11.3 Å². The second-order valence-electron chi connectivity index (χ2n) is 9.38. The van der Waals surface area contributed by atoms with E-state index in [4.69, 9.17) is 16.1 Å². The molecule has 5 rings (SSSR count). The number of nitrogens with one attached hydrogen (secondary N) is 1. The summed E-state index contributed by atoms with van der Waals surface area (Å²) in [5, 5.41) is 11.8. The van der Waals surface area contributed by atoms with Crippen LogP contribution in [-0.4, -0.2) is 74.8 Å². The zero-order valence-corrected chi connectivity index (χ0v) is 21.4. The van der Waals surface area contributed by atoms with Crippen LogP contribution in [0, 0.1) is 0 Å². The van der Waals surface area contributed by atoms with Gasteiger partial charge in [-0.3, -0.25) is 14.3 Å². The third kappa shape index (κ3) is 5.29. The van der Waals surface area contributed by atoms with Crippen LogP contribution in [0.15, 0.2) is 28.8 Å². The van der Waals surface area contributed by atoms with Crippen LogP contribution in [0.5, 0.6) is 0 Å². The van der Waals surface area contributed by atoms with E-state index in [2.05, 4.69) is 34.3 Å². The molecule has 186 valence electrons. The molecule has 0 radical (unpaired) electrons. The standard InChI is InChI=1S/C24H29ClN6O3S/c1-15(2)29-10-6-16(7-11-29)26-23(32)18-13-19(24(33)30-8-3-9-30)31(27-18)14-17-12-20(34-28-17)21-4-5-22(25)35-21/h4-5,12-13,15-16H,3,6-11,14H2,1-2H3,(H,26,32). The summed E-state index contributed by atoms with van der Waals surface area (Å²) < 4.78 is 7.70. The maximum absolute atomic E-state index is 13.1. The second kappa shape index (κ2) is 10.1. The Kier molecular flexibility index (Phi) is 6.95. The molecule has 9 nitrogen and oxygen atoms in total. The molecule has 3 aromatic heterocycles. The van der Waals surface area contributed by atoms with Crippen molar-refractivity contribution in [1.29, 1.82) is 0 Å². The van der Waals surface area contributed by atoms with Gasteiger partial charge in [-0.2, -0.15) is 5.10 Å². The summed E-state index contributed by atoms with van der Waals surface area (Å²) in [4.78, 5) is 31.2. The van der Waals surface area contributed by atoms with Gasteiger partial charge in [-0.05, 0) is 45.2 Å².